The predicted octanol–water partition coefficient (Wildman–Crippen LogP) is 3.95. The van der Waals surface area contributed by atoms with E-state index in [1.807, 2.05) is 6.07 Å². The van der Waals surface area contributed by atoms with Crippen LogP contribution in [0.15, 0.2) is 12.1 Å². The molecule has 0 unspecified atom stereocenters. The van der Waals surface area contributed by atoms with E-state index in [-0.39, 0.29) is 0 Å². The smallest absolute Gasteiger partial charge is 0.0913 e. The highest BCUT2D eigenvalue weighted by molar-refractivity contribution is 14.1. The normalized spacial score (nSPS) is 14.9. The van der Waals surface area contributed by atoms with Crippen molar-refractivity contribution < 1.29 is 0 Å². The van der Waals surface area contributed by atoms with E-state index in [2.05, 4.69) is 28.7 Å². The molecule has 1 aromatic carbocycles. The molecule has 2 nitrogen and oxygen atoms in total. The first-order valence-electron chi connectivity index (χ1n) is 5.73. The average Bonchev–Trinajstić information content (AvgIpc) is 2.31. The van der Waals surface area contributed by atoms with Gasteiger partial charge in [0.15, 0.2) is 0 Å². The summed E-state index contributed by atoms with van der Waals surface area (Å²) in [6.07, 6.45) is 4.49. The minimum atomic E-state index is 0.701. The Morgan fingerprint density at radius 1 is 1.24 bits per heavy atom. The van der Waals surface area contributed by atoms with E-state index in [1.165, 1.54) is 18.4 Å². The number of benzene rings is 1. The van der Waals surface area contributed by atoms with Gasteiger partial charge in [-0.15, -0.1) is 0 Å². The maximum atomic E-state index is 6.28. The van der Waals surface area contributed by atoms with E-state index in [9.17, 15) is 0 Å². The standard InChI is InChI=1S/C13H12ClIN2/c14-10-6-7(15)5-9-12(16)8-3-1-2-4-11(8)17-13(9)10/h5-6H,1-4H2,(H2,16,17). The van der Waals surface area contributed by atoms with Gasteiger partial charge in [0.1, 0.15) is 0 Å². The van der Waals surface area contributed by atoms with Crippen LogP contribution in [0.5, 0.6) is 0 Å². The summed E-state index contributed by atoms with van der Waals surface area (Å²) in [5.41, 5.74) is 10.4. The highest BCUT2D eigenvalue weighted by atomic mass is 127. The number of anilines is 1. The Morgan fingerprint density at radius 3 is 2.82 bits per heavy atom. The molecule has 0 saturated heterocycles. The van der Waals surface area contributed by atoms with E-state index in [0.29, 0.717) is 5.02 Å². The van der Waals surface area contributed by atoms with Crippen molar-refractivity contribution in [1.82, 2.24) is 4.98 Å². The van der Waals surface area contributed by atoms with Crippen molar-refractivity contribution >= 4 is 50.8 Å². The number of hydrogen-bond acceptors (Lipinski definition) is 2. The van der Waals surface area contributed by atoms with Gasteiger partial charge in [-0.2, -0.15) is 0 Å². The minimum absolute atomic E-state index is 0.701. The molecule has 0 aliphatic heterocycles. The number of hydrogen-bond donors (Lipinski definition) is 1. The summed E-state index contributed by atoms with van der Waals surface area (Å²) in [5, 5.41) is 1.70. The summed E-state index contributed by atoms with van der Waals surface area (Å²) in [5.74, 6) is 0. The fourth-order valence-electron chi connectivity index (χ4n) is 2.49. The van der Waals surface area contributed by atoms with Gasteiger partial charge in [0.05, 0.1) is 10.5 Å². The van der Waals surface area contributed by atoms with Crippen molar-refractivity contribution in [2.24, 2.45) is 0 Å². The number of rotatable bonds is 0. The lowest BCUT2D eigenvalue weighted by Gasteiger charge is -2.19. The molecule has 4 heteroatoms. The number of aryl methyl sites for hydroxylation is 1. The lowest BCUT2D eigenvalue weighted by atomic mass is 9.93. The Labute approximate surface area is 119 Å². The summed E-state index contributed by atoms with van der Waals surface area (Å²) >= 11 is 8.51. The summed E-state index contributed by atoms with van der Waals surface area (Å²) in [4.78, 5) is 4.70. The first-order valence-corrected chi connectivity index (χ1v) is 7.18. The van der Waals surface area contributed by atoms with Crippen LogP contribution in [0.25, 0.3) is 10.9 Å². The molecule has 0 atom stereocenters. The molecule has 88 valence electrons. The molecule has 0 bridgehead atoms. The second-order valence-corrected chi connectivity index (χ2v) is 6.09. The maximum Gasteiger partial charge on any atom is 0.0913 e. The molecular weight excluding hydrogens is 347 g/mol. The highest BCUT2D eigenvalue weighted by Gasteiger charge is 2.17. The van der Waals surface area contributed by atoms with Gasteiger partial charge in [-0.05, 0) is 66.0 Å². The SMILES string of the molecule is Nc1c2c(nc3c(Cl)cc(I)cc13)CCCC2. The monoisotopic (exact) mass is 358 g/mol. The number of nitrogens with zero attached hydrogens (tertiary/aromatic N) is 1. The van der Waals surface area contributed by atoms with Crippen LogP contribution in [0.4, 0.5) is 5.69 Å². The van der Waals surface area contributed by atoms with Gasteiger partial charge in [-0.25, -0.2) is 0 Å². The second kappa shape index (κ2) is 4.28. The van der Waals surface area contributed by atoms with Gasteiger partial charge in [0, 0.05) is 20.3 Å². The van der Waals surface area contributed by atoms with Gasteiger partial charge in [0.2, 0.25) is 0 Å². The molecule has 0 saturated carbocycles. The third-order valence-corrected chi connectivity index (χ3v) is 4.24. The van der Waals surface area contributed by atoms with Gasteiger partial charge in [-0.1, -0.05) is 11.6 Å². The Balaban J connectivity index is 2.40. The van der Waals surface area contributed by atoms with Crippen LogP contribution in [-0.2, 0) is 12.8 Å². The molecular formula is C13H12ClIN2. The number of pyridine rings is 1. The number of aromatic nitrogens is 1. The quantitative estimate of drug-likeness (QED) is 0.724. The minimum Gasteiger partial charge on any atom is -0.398 e. The van der Waals surface area contributed by atoms with Crippen molar-refractivity contribution in [3.63, 3.8) is 0 Å². The summed E-state index contributed by atoms with van der Waals surface area (Å²) < 4.78 is 1.10. The molecule has 0 radical (unpaired) electrons. The zero-order valence-corrected chi connectivity index (χ0v) is 12.2. The Kier molecular flexibility index (Phi) is 2.91. The molecule has 1 aromatic heterocycles. The lowest BCUT2D eigenvalue weighted by Crippen LogP contribution is -2.09. The molecule has 3 rings (SSSR count). The summed E-state index contributed by atoms with van der Waals surface area (Å²) in [6, 6.07) is 4.01. The fraction of sp³-hybridized carbons (Fsp3) is 0.308. The Hall–Kier alpha value is -0.550. The first-order chi connectivity index (χ1) is 8.16. The Bertz CT molecular complexity index is 610. The van der Waals surface area contributed by atoms with E-state index < -0.39 is 0 Å². The van der Waals surface area contributed by atoms with Crippen LogP contribution >= 0.6 is 34.2 Å². The zero-order valence-electron chi connectivity index (χ0n) is 9.26. The van der Waals surface area contributed by atoms with E-state index in [1.54, 1.807) is 0 Å². The van der Waals surface area contributed by atoms with Gasteiger partial charge in [0.25, 0.3) is 0 Å². The molecule has 1 heterocycles. The highest BCUT2D eigenvalue weighted by Crippen LogP contribution is 2.34. The molecule has 1 aliphatic rings. The van der Waals surface area contributed by atoms with Crippen molar-refractivity contribution in [2.75, 3.05) is 5.73 Å². The van der Waals surface area contributed by atoms with Crippen molar-refractivity contribution in [3.8, 4) is 0 Å². The van der Waals surface area contributed by atoms with Crippen molar-refractivity contribution in [3.05, 3.63) is 32.0 Å². The maximum absolute atomic E-state index is 6.28. The van der Waals surface area contributed by atoms with Crippen molar-refractivity contribution in [1.29, 1.82) is 0 Å². The number of fused-ring (bicyclic) bond motifs is 2. The summed E-state index contributed by atoms with van der Waals surface area (Å²) in [6.45, 7) is 0. The summed E-state index contributed by atoms with van der Waals surface area (Å²) in [7, 11) is 0. The Morgan fingerprint density at radius 2 is 2.00 bits per heavy atom. The second-order valence-electron chi connectivity index (χ2n) is 4.44. The third-order valence-electron chi connectivity index (χ3n) is 3.33. The van der Waals surface area contributed by atoms with Gasteiger partial charge in [-0.3, -0.25) is 4.98 Å². The number of nitrogen functional groups attached to an aromatic ring is 1. The molecule has 0 fully saturated rings. The zero-order chi connectivity index (χ0) is 12.0. The van der Waals surface area contributed by atoms with Crippen LogP contribution in [0, 0.1) is 3.57 Å². The average molecular weight is 359 g/mol. The van der Waals surface area contributed by atoms with Crippen LogP contribution in [-0.4, -0.2) is 4.98 Å². The number of halogens is 2. The fourth-order valence-corrected chi connectivity index (χ4v) is 3.55. The largest absolute Gasteiger partial charge is 0.398 e. The molecule has 2 aromatic rings. The lowest BCUT2D eigenvalue weighted by molar-refractivity contribution is 0.673. The van der Waals surface area contributed by atoms with Crippen molar-refractivity contribution in [2.45, 2.75) is 25.7 Å². The molecule has 2 N–H and O–H groups in total. The van der Waals surface area contributed by atoms with E-state index in [0.717, 1.165) is 38.7 Å². The first kappa shape index (κ1) is 11.5. The topological polar surface area (TPSA) is 38.9 Å². The van der Waals surface area contributed by atoms with Gasteiger partial charge < -0.3 is 5.73 Å². The molecule has 17 heavy (non-hydrogen) atoms. The predicted molar refractivity (Wildman–Crippen MR) is 80.5 cm³/mol. The van der Waals surface area contributed by atoms with Crippen LogP contribution < -0.4 is 5.73 Å². The van der Waals surface area contributed by atoms with Crippen LogP contribution in [0.3, 0.4) is 0 Å². The third kappa shape index (κ3) is 1.89. The van der Waals surface area contributed by atoms with Crippen LogP contribution in [0.2, 0.25) is 5.02 Å². The van der Waals surface area contributed by atoms with Gasteiger partial charge >= 0.3 is 0 Å². The van der Waals surface area contributed by atoms with Crippen LogP contribution in [0.1, 0.15) is 24.1 Å². The molecule has 0 spiro atoms. The molecule has 1 aliphatic carbocycles. The van der Waals surface area contributed by atoms with E-state index in [4.69, 9.17) is 22.3 Å². The van der Waals surface area contributed by atoms with E-state index >= 15 is 0 Å². The number of nitrogens with two attached hydrogens (primary N) is 1. The molecule has 0 amide bonds.